The predicted molar refractivity (Wildman–Crippen MR) is 77.6 cm³/mol. The molecule has 0 spiro atoms. The summed E-state index contributed by atoms with van der Waals surface area (Å²) in [6.07, 6.45) is -1.98. The number of carbonyl (C=O) groups excluding carboxylic acids is 1. The Balaban J connectivity index is 2.18. The maximum Gasteiger partial charge on any atom is 0.416 e. The number of carbonyl (C=O) groups is 1. The van der Waals surface area contributed by atoms with Gasteiger partial charge in [-0.1, -0.05) is 11.8 Å². The zero-order valence-electron chi connectivity index (χ0n) is 12.0. The first-order valence-electron chi connectivity index (χ1n) is 6.55. The lowest BCUT2D eigenvalue weighted by atomic mass is 10.2. The summed E-state index contributed by atoms with van der Waals surface area (Å²) in [4.78, 5) is 23.3. The van der Waals surface area contributed by atoms with Gasteiger partial charge in [0.1, 0.15) is 0 Å². The molecule has 0 atom stereocenters. The average molecular weight is 343 g/mol. The van der Waals surface area contributed by atoms with Crippen LogP contribution in [0.5, 0.6) is 0 Å². The quantitative estimate of drug-likeness (QED) is 0.472. The van der Waals surface area contributed by atoms with Gasteiger partial charge in [0, 0.05) is 12.4 Å². The number of ether oxygens (including phenoxy) is 1. The number of alkyl halides is 3. The lowest BCUT2D eigenvalue weighted by Crippen LogP contribution is -2.07. The van der Waals surface area contributed by atoms with Crippen LogP contribution < -0.4 is 0 Å². The standard InChI is InChI=1S/C14H12F3N3O2S/c1-2-22-12(21)8-23-13-19-6-4-10(20-13)11-7-9(3-5-18-11)14(15,16)17/h3-7H,2,8H2,1H3. The number of thioether (sulfide) groups is 1. The van der Waals surface area contributed by atoms with E-state index >= 15 is 0 Å². The van der Waals surface area contributed by atoms with E-state index in [0.717, 1.165) is 30.1 Å². The van der Waals surface area contributed by atoms with Crippen molar-refractivity contribution in [2.45, 2.75) is 18.3 Å². The molecular formula is C14H12F3N3O2S. The topological polar surface area (TPSA) is 65.0 Å². The van der Waals surface area contributed by atoms with Crippen molar-refractivity contribution < 1.29 is 22.7 Å². The normalized spacial score (nSPS) is 11.3. The van der Waals surface area contributed by atoms with Crippen molar-refractivity contribution in [2.75, 3.05) is 12.4 Å². The molecule has 0 radical (unpaired) electrons. The molecule has 23 heavy (non-hydrogen) atoms. The van der Waals surface area contributed by atoms with Crippen molar-refractivity contribution in [1.82, 2.24) is 15.0 Å². The minimum atomic E-state index is -4.45. The van der Waals surface area contributed by atoms with Crippen LogP contribution in [0.1, 0.15) is 12.5 Å². The van der Waals surface area contributed by atoms with Gasteiger partial charge in [0.25, 0.3) is 0 Å². The summed E-state index contributed by atoms with van der Waals surface area (Å²) in [6.45, 7) is 1.97. The van der Waals surface area contributed by atoms with Gasteiger partial charge in [-0.2, -0.15) is 13.2 Å². The number of pyridine rings is 1. The molecule has 0 saturated carbocycles. The molecule has 2 aromatic rings. The van der Waals surface area contributed by atoms with Gasteiger partial charge in [0.15, 0.2) is 5.16 Å². The largest absolute Gasteiger partial charge is 0.465 e. The average Bonchev–Trinajstić information content (AvgIpc) is 2.53. The van der Waals surface area contributed by atoms with Crippen LogP contribution in [0.2, 0.25) is 0 Å². The van der Waals surface area contributed by atoms with Gasteiger partial charge < -0.3 is 4.74 Å². The number of rotatable bonds is 5. The van der Waals surface area contributed by atoms with E-state index < -0.39 is 17.7 Å². The number of hydrogen-bond acceptors (Lipinski definition) is 6. The van der Waals surface area contributed by atoms with Crippen LogP contribution in [0, 0.1) is 0 Å². The van der Waals surface area contributed by atoms with E-state index in [4.69, 9.17) is 4.74 Å². The van der Waals surface area contributed by atoms with Crippen molar-refractivity contribution in [3.63, 3.8) is 0 Å². The van der Waals surface area contributed by atoms with Crippen LogP contribution in [0.3, 0.4) is 0 Å². The summed E-state index contributed by atoms with van der Waals surface area (Å²) >= 11 is 1.04. The molecule has 2 heterocycles. The zero-order chi connectivity index (χ0) is 16.9. The Morgan fingerprint density at radius 3 is 2.65 bits per heavy atom. The SMILES string of the molecule is CCOC(=O)CSc1nccc(-c2cc(C(F)(F)F)ccn2)n1. The van der Waals surface area contributed by atoms with Gasteiger partial charge in [-0.15, -0.1) is 0 Å². The number of esters is 1. The first-order chi connectivity index (χ1) is 10.9. The second-order valence-corrected chi connectivity index (χ2v) is 5.19. The summed E-state index contributed by atoms with van der Waals surface area (Å²) in [5.74, 6) is -0.392. The lowest BCUT2D eigenvalue weighted by molar-refractivity contribution is -0.140. The van der Waals surface area contributed by atoms with Crippen LogP contribution in [-0.4, -0.2) is 33.3 Å². The Hall–Kier alpha value is -2.16. The van der Waals surface area contributed by atoms with Gasteiger partial charge in [-0.05, 0) is 25.1 Å². The van der Waals surface area contributed by atoms with Crippen LogP contribution in [-0.2, 0) is 15.7 Å². The fourth-order valence-electron chi connectivity index (χ4n) is 1.63. The van der Waals surface area contributed by atoms with E-state index in [2.05, 4.69) is 15.0 Å². The van der Waals surface area contributed by atoms with E-state index in [1.807, 2.05) is 0 Å². The highest BCUT2D eigenvalue weighted by molar-refractivity contribution is 7.99. The molecule has 5 nitrogen and oxygen atoms in total. The minimum Gasteiger partial charge on any atom is -0.465 e. The summed E-state index contributed by atoms with van der Waals surface area (Å²) in [5.41, 5.74) is -0.473. The number of nitrogens with zero attached hydrogens (tertiary/aromatic N) is 3. The smallest absolute Gasteiger partial charge is 0.416 e. The molecule has 0 aromatic carbocycles. The molecule has 0 aliphatic heterocycles. The Kier molecular flexibility index (Phi) is 5.54. The zero-order valence-corrected chi connectivity index (χ0v) is 12.8. The van der Waals surface area contributed by atoms with E-state index in [1.54, 1.807) is 6.92 Å². The van der Waals surface area contributed by atoms with Gasteiger partial charge in [0.05, 0.1) is 29.3 Å². The Morgan fingerprint density at radius 1 is 1.22 bits per heavy atom. The minimum absolute atomic E-state index is 0.0211. The van der Waals surface area contributed by atoms with Crippen molar-refractivity contribution in [1.29, 1.82) is 0 Å². The first kappa shape index (κ1) is 17.2. The summed E-state index contributed by atoms with van der Waals surface area (Å²) in [7, 11) is 0. The number of halogens is 3. The first-order valence-corrected chi connectivity index (χ1v) is 7.54. The highest BCUT2D eigenvalue weighted by Crippen LogP contribution is 2.31. The predicted octanol–water partition coefficient (Wildman–Crippen LogP) is 3.21. The maximum atomic E-state index is 12.7. The molecule has 0 fully saturated rings. The maximum absolute atomic E-state index is 12.7. The monoisotopic (exact) mass is 343 g/mol. The highest BCUT2D eigenvalue weighted by atomic mass is 32.2. The van der Waals surface area contributed by atoms with E-state index in [-0.39, 0.29) is 28.9 Å². The Bertz CT molecular complexity index is 695. The van der Waals surface area contributed by atoms with Crippen molar-refractivity contribution in [3.8, 4) is 11.4 Å². The molecule has 9 heteroatoms. The molecule has 0 bridgehead atoms. The molecule has 0 saturated heterocycles. The molecule has 2 aromatic heterocycles. The Labute approximate surface area is 134 Å². The molecule has 0 aliphatic carbocycles. The van der Waals surface area contributed by atoms with Crippen LogP contribution in [0.4, 0.5) is 13.2 Å². The fraction of sp³-hybridized carbons (Fsp3) is 0.286. The molecule has 0 amide bonds. The number of aromatic nitrogens is 3. The van der Waals surface area contributed by atoms with Gasteiger partial charge in [-0.25, -0.2) is 9.97 Å². The third-order valence-electron chi connectivity index (χ3n) is 2.61. The van der Waals surface area contributed by atoms with Crippen LogP contribution >= 0.6 is 11.8 Å². The second kappa shape index (κ2) is 7.40. The molecule has 122 valence electrons. The third kappa shape index (κ3) is 4.92. The van der Waals surface area contributed by atoms with Gasteiger partial charge in [0.2, 0.25) is 0 Å². The molecule has 0 unspecified atom stereocenters. The molecule has 2 rings (SSSR count). The molecule has 0 N–H and O–H groups in total. The third-order valence-corrected chi connectivity index (χ3v) is 3.44. The summed E-state index contributed by atoms with van der Waals surface area (Å²) in [6, 6.07) is 3.26. The highest BCUT2D eigenvalue weighted by Gasteiger charge is 2.30. The van der Waals surface area contributed by atoms with Crippen molar-refractivity contribution in [3.05, 3.63) is 36.2 Å². The van der Waals surface area contributed by atoms with Crippen LogP contribution in [0.15, 0.2) is 35.7 Å². The number of hydrogen-bond donors (Lipinski definition) is 0. The van der Waals surface area contributed by atoms with E-state index in [9.17, 15) is 18.0 Å². The molecular weight excluding hydrogens is 331 g/mol. The second-order valence-electron chi connectivity index (χ2n) is 4.25. The van der Waals surface area contributed by atoms with E-state index in [1.165, 1.54) is 12.3 Å². The Morgan fingerprint density at radius 2 is 1.96 bits per heavy atom. The van der Waals surface area contributed by atoms with Gasteiger partial charge in [-0.3, -0.25) is 9.78 Å². The van der Waals surface area contributed by atoms with Crippen molar-refractivity contribution >= 4 is 17.7 Å². The molecule has 0 aliphatic rings. The summed E-state index contributed by atoms with van der Waals surface area (Å²) in [5, 5.41) is 0.259. The van der Waals surface area contributed by atoms with Gasteiger partial charge >= 0.3 is 12.1 Å². The van der Waals surface area contributed by atoms with Crippen molar-refractivity contribution in [2.24, 2.45) is 0 Å². The van der Waals surface area contributed by atoms with E-state index in [0.29, 0.717) is 0 Å². The lowest BCUT2D eigenvalue weighted by Gasteiger charge is -2.08. The fourth-order valence-corrected chi connectivity index (χ4v) is 2.25. The summed E-state index contributed by atoms with van der Waals surface area (Å²) < 4.78 is 43.0. The van der Waals surface area contributed by atoms with Crippen LogP contribution in [0.25, 0.3) is 11.4 Å².